The van der Waals surface area contributed by atoms with E-state index in [2.05, 4.69) is 342 Å². The number of hydrogen-bond donors (Lipinski definition) is 0. The second kappa shape index (κ2) is 42.3. The first-order valence-electron chi connectivity index (χ1n) is 32.0. The quantitative estimate of drug-likeness (QED) is 0.108. The van der Waals surface area contributed by atoms with Crippen molar-refractivity contribution in [3.05, 3.63) is 390 Å². The van der Waals surface area contributed by atoms with Gasteiger partial charge in [-0.05, 0) is 72.8 Å². The Labute approximate surface area is 690 Å². The van der Waals surface area contributed by atoms with Gasteiger partial charge < -0.3 is 90.7 Å². The maximum absolute atomic E-state index is 3.46. The molecule has 0 atom stereocenters. The number of hydrogen-bond acceptors (Lipinski definition) is 10. The van der Waals surface area contributed by atoms with E-state index in [1.807, 2.05) is 84.9 Å². The number of aromatic nitrogens is 1. The topological polar surface area (TPSA) is 37.3 Å². The molecule has 5 radical (unpaired) electrons. The van der Waals surface area contributed by atoms with Crippen molar-refractivity contribution in [1.82, 2.24) is 9.47 Å². The molecule has 1 aromatic heterocycles. The maximum atomic E-state index is 3.46. The fraction of sp³-hybridized carbons (Fsp3) is 0.0899. The summed E-state index contributed by atoms with van der Waals surface area (Å²) in [4.78, 5) is 22.4. The Morgan fingerprint density at radius 2 is 0.600 bits per heavy atom. The van der Waals surface area contributed by atoms with Crippen LogP contribution in [0.3, 0.4) is 0 Å². The fourth-order valence-corrected chi connectivity index (χ4v) is 12.6. The minimum Gasteiger partial charge on any atom is -0.361 e. The molecule has 6 heterocycles. The molecule has 0 amide bonds. The second-order valence-electron chi connectivity index (χ2n) is 23.5. The van der Waals surface area contributed by atoms with Crippen LogP contribution in [-0.2, 0) is 98.0 Å². The van der Waals surface area contributed by atoms with E-state index in [9.17, 15) is 0 Å². The van der Waals surface area contributed by atoms with Gasteiger partial charge in [-0.2, -0.15) is 109 Å². The van der Waals surface area contributed by atoms with Crippen molar-refractivity contribution < 1.29 is 98.0 Å². The molecule has 0 saturated heterocycles. The summed E-state index contributed by atoms with van der Waals surface area (Å²) >= 11 is 0. The molecule has 11 nitrogen and oxygen atoms in total. The first-order valence-corrected chi connectivity index (χ1v) is 32.0. The van der Waals surface area contributed by atoms with Crippen LogP contribution in [0.15, 0.2) is 322 Å². The van der Waals surface area contributed by atoms with Crippen molar-refractivity contribution in [2.45, 2.75) is 0 Å². The zero-order valence-corrected chi connectivity index (χ0v) is 69.2. The molecule has 0 fully saturated rings. The summed E-state index contributed by atoms with van der Waals surface area (Å²) in [7, 11) is 6.30. The normalized spacial score (nSPS) is 12.6. The van der Waals surface area contributed by atoms with Crippen molar-refractivity contribution in [3.63, 3.8) is 0 Å². The van der Waals surface area contributed by atoms with Crippen molar-refractivity contribution in [2.75, 3.05) is 98.6 Å². The van der Waals surface area contributed by atoms with Gasteiger partial charge in [0.25, 0.3) is 0 Å². The van der Waals surface area contributed by atoms with E-state index in [1.54, 1.807) is 0 Å². The second-order valence-corrected chi connectivity index (χ2v) is 23.5. The number of fused-ring (bicyclic) bond motifs is 6. The first kappa shape index (κ1) is 88.5. The zero-order valence-electron chi connectivity index (χ0n) is 60.2. The Morgan fingerprint density at radius 1 is 0.257 bits per heavy atom. The summed E-state index contributed by atoms with van der Waals surface area (Å²) < 4.78 is 2.35. The standard InChI is InChI=1S/C26H20N3.C19H15N2.C15H13N2.C14H13N2.C10H11N2.5CH3.Ir.4Rh/c1-27-18-28(26-16-7-6-15-25(26)27)19-9-8-10-20(17-19)29-23-13-4-2-11-21(23)22-12-3-5-14-24(22)29;1-3-9-16(10-4-1)20-15-21(17-11-5-2-6-12-17)19-14-8-7-13-18(19)20;1-3-7-14(8-4-1)16-11-12-17(13-16)15-9-5-2-6-10-15;1-15-11-16(12-7-3-2-4-8-12)14-10-6-5-9-13(14)15;1-11-7-8-12(9-11)10-5-3-2-4-6-10;;;;;;;;;;/h2-8,10-17H,18H2,1H3;1-11,13-14H,15H2;1-9,11-12H,13H2;2-7,9-10H,11H2,1H3;2-5,7-8H,9H2,1H3;5*1H3;;;;;/q10*-1;;4*+2. The number of benzene rings is 12. The average Bonchev–Trinajstić information content (AvgIpc) is 1.60. The predicted octanol–water partition coefficient (Wildman–Crippen LogP) is 21.0. The van der Waals surface area contributed by atoms with Gasteiger partial charge in [0.2, 0.25) is 0 Å². The van der Waals surface area contributed by atoms with Crippen LogP contribution in [0.2, 0.25) is 0 Å². The van der Waals surface area contributed by atoms with Crippen LogP contribution in [0.1, 0.15) is 0 Å². The number of anilines is 13. The van der Waals surface area contributed by atoms with Gasteiger partial charge in [-0.3, -0.25) is 0 Å². The van der Waals surface area contributed by atoms with E-state index in [0.717, 1.165) is 67.5 Å². The van der Waals surface area contributed by atoms with Gasteiger partial charge in [-0.25, -0.2) is 0 Å². The van der Waals surface area contributed by atoms with E-state index in [0.29, 0.717) is 0 Å². The Balaban J connectivity index is 0.000000279. The van der Waals surface area contributed by atoms with Crippen molar-refractivity contribution in [3.8, 4) is 5.69 Å². The molecular weight excluding hydrogens is 1830 g/mol. The molecule has 0 unspecified atom stereocenters. The fourth-order valence-electron chi connectivity index (χ4n) is 12.6. The largest absolute Gasteiger partial charge is 2.00 e. The van der Waals surface area contributed by atoms with E-state index < -0.39 is 0 Å². The van der Waals surface area contributed by atoms with Crippen LogP contribution in [0, 0.1) is 67.5 Å². The summed E-state index contributed by atoms with van der Waals surface area (Å²) in [6.45, 7) is 4.28. The van der Waals surface area contributed by atoms with Gasteiger partial charge >= 0.3 is 77.9 Å². The molecule has 12 aromatic carbocycles. The molecule has 16 heteroatoms. The average molecular weight is 1910 g/mol. The van der Waals surface area contributed by atoms with E-state index >= 15 is 0 Å². The van der Waals surface area contributed by atoms with Crippen LogP contribution >= 0.6 is 0 Å². The molecule has 0 bridgehead atoms. The molecule has 545 valence electrons. The summed E-state index contributed by atoms with van der Waals surface area (Å²) in [5, 5.41) is 2.56. The minimum absolute atomic E-state index is 0. The molecule has 0 spiro atoms. The Bertz CT molecular complexity index is 4570. The van der Waals surface area contributed by atoms with E-state index in [1.165, 1.54) is 67.3 Å². The van der Waals surface area contributed by atoms with Crippen molar-refractivity contribution in [2.24, 2.45) is 0 Å². The van der Waals surface area contributed by atoms with Crippen LogP contribution in [0.5, 0.6) is 0 Å². The predicted molar refractivity (Wildman–Crippen MR) is 428 cm³/mol. The Kier molecular flexibility index (Phi) is 35.6. The molecule has 105 heavy (non-hydrogen) atoms. The smallest absolute Gasteiger partial charge is 0.361 e. The van der Waals surface area contributed by atoms with Crippen LogP contribution in [0.25, 0.3) is 27.5 Å². The summed E-state index contributed by atoms with van der Waals surface area (Å²) in [5.74, 6) is 0. The number of nitrogens with zero attached hydrogens (tertiary/aromatic N) is 11. The van der Waals surface area contributed by atoms with Gasteiger partial charge in [0, 0.05) is 88.2 Å². The third-order valence-corrected chi connectivity index (χ3v) is 17.3. The Morgan fingerprint density at radius 3 is 1.05 bits per heavy atom. The molecule has 0 aliphatic carbocycles. The number of para-hydroxylation sites is 14. The minimum atomic E-state index is 0. The van der Waals surface area contributed by atoms with Gasteiger partial charge in [0.15, 0.2) is 0 Å². The SMILES string of the molecule is CN1C=CN(c2[c-]cccc2)C1.CN1CN(c2[c-]ccc(-n3c4ccccc4c4ccccc43)c2)c2ccccc21.CN1CN(c2[c-]cccc2)c2ccccc21.[CH3-].[CH3-].[CH3-].[CH3-].[CH3-].[Ir].[Rh+2].[Rh+2].[Rh+2].[Rh+2].[c-]1ccccc1N1C=CN(c2ccccc2)C1.[c-]1ccccc1N1CN(c2ccccc2)c2ccccc21. The van der Waals surface area contributed by atoms with Gasteiger partial charge in [0.1, 0.15) is 0 Å². The summed E-state index contributed by atoms with van der Waals surface area (Å²) in [5.41, 5.74) is 19.0. The zero-order chi connectivity index (χ0) is 64.3. The molecule has 0 saturated carbocycles. The van der Waals surface area contributed by atoms with E-state index in [4.69, 9.17) is 0 Å². The molecule has 13 aromatic rings. The van der Waals surface area contributed by atoms with Crippen LogP contribution < -0.4 is 44.1 Å². The van der Waals surface area contributed by atoms with E-state index in [-0.39, 0.29) is 135 Å². The molecule has 18 rings (SSSR count). The molecule has 5 aliphatic heterocycles. The van der Waals surface area contributed by atoms with Gasteiger partial charge in [0.05, 0.1) is 78.5 Å². The van der Waals surface area contributed by atoms with Crippen molar-refractivity contribution >= 4 is 95.7 Å². The number of rotatable bonds is 8. The third-order valence-electron chi connectivity index (χ3n) is 17.3. The Hall–Kier alpha value is -8.94. The summed E-state index contributed by atoms with van der Waals surface area (Å²) in [6, 6.07) is 119. The van der Waals surface area contributed by atoms with Gasteiger partial charge in [-0.1, -0.05) is 143 Å². The van der Waals surface area contributed by atoms with Crippen LogP contribution in [0.4, 0.5) is 73.9 Å². The maximum Gasteiger partial charge on any atom is 2.00 e. The summed E-state index contributed by atoms with van der Waals surface area (Å²) in [6.07, 6.45) is 8.29. The van der Waals surface area contributed by atoms with Crippen LogP contribution in [-0.4, -0.2) is 64.0 Å². The molecule has 5 aliphatic rings. The monoisotopic (exact) mass is 1910 g/mol. The molecular formula is C89H87IrN11Rh4-2. The first-order chi connectivity index (χ1) is 46.9. The third kappa shape index (κ3) is 20.2. The van der Waals surface area contributed by atoms with Gasteiger partial charge in [-0.15, -0.1) is 36.4 Å². The molecule has 0 N–H and O–H groups in total. The van der Waals surface area contributed by atoms with Crippen molar-refractivity contribution in [1.29, 1.82) is 0 Å².